The van der Waals surface area contributed by atoms with Crippen molar-refractivity contribution >= 4 is 27.2 Å². The molecule has 0 aliphatic rings. The smallest absolute Gasteiger partial charge is 0.216 e. The number of hydrogen-bond acceptors (Lipinski definition) is 3. The monoisotopic (exact) mass is 258 g/mol. The lowest BCUT2D eigenvalue weighted by atomic mass is 10.2. The Balaban J connectivity index is 2.70. The van der Waals surface area contributed by atoms with Crippen LogP contribution < -0.4 is 10.5 Å². The summed E-state index contributed by atoms with van der Waals surface area (Å²) in [7, 11) is -3.40. The van der Waals surface area contributed by atoms with Gasteiger partial charge in [0.2, 0.25) is 10.0 Å². The van der Waals surface area contributed by atoms with Crippen molar-refractivity contribution in [3.8, 4) is 0 Å². The molecule has 0 bridgehead atoms. The van der Waals surface area contributed by atoms with E-state index < -0.39 is 16.1 Å². The van der Waals surface area contributed by atoms with E-state index in [1.54, 1.807) is 31.2 Å². The van der Waals surface area contributed by atoms with E-state index in [1.165, 1.54) is 0 Å². The van der Waals surface area contributed by atoms with Crippen LogP contribution in [-0.2, 0) is 15.8 Å². The molecule has 0 aliphatic carbocycles. The number of rotatable bonds is 5. The van der Waals surface area contributed by atoms with Crippen molar-refractivity contribution in [3.05, 3.63) is 35.9 Å². The van der Waals surface area contributed by atoms with Crippen LogP contribution in [0.5, 0.6) is 0 Å². The molecule has 0 heterocycles. The molecule has 3 N–H and O–H groups in total. The average Bonchev–Trinajstić information content (AvgIpc) is 2.17. The van der Waals surface area contributed by atoms with Crippen molar-refractivity contribution in [2.45, 2.75) is 18.7 Å². The fourth-order valence-corrected chi connectivity index (χ4v) is 2.68. The molecule has 0 aromatic heterocycles. The van der Waals surface area contributed by atoms with Gasteiger partial charge in [0.25, 0.3) is 0 Å². The predicted octanol–water partition coefficient (Wildman–Crippen LogP) is 0.781. The second-order valence-electron chi connectivity index (χ2n) is 3.49. The van der Waals surface area contributed by atoms with Gasteiger partial charge in [-0.1, -0.05) is 42.5 Å². The van der Waals surface area contributed by atoms with Crippen LogP contribution >= 0.6 is 12.2 Å². The van der Waals surface area contributed by atoms with E-state index in [0.717, 1.165) is 5.56 Å². The topological polar surface area (TPSA) is 72.2 Å². The lowest BCUT2D eigenvalue weighted by Gasteiger charge is -2.12. The van der Waals surface area contributed by atoms with Crippen LogP contribution in [0, 0.1) is 0 Å². The summed E-state index contributed by atoms with van der Waals surface area (Å²) in [5, 5.41) is 0. The van der Waals surface area contributed by atoms with Gasteiger partial charge in [0, 0.05) is 0 Å². The van der Waals surface area contributed by atoms with E-state index in [-0.39, 0.29) is 10.7 Å². The summed E-state index contributed by atoms with van der Waals surface area (Å²) >= 11 is 4.70. The van der Waals surface area contributed by atoms with E-state index >= 15 is 0 Å². The average molecular weight is 258 g/mol. The molecule has 1 aromatic rings. The third-order valence-electron chi connectivity index (χ3n) is 1.98. The molecule has 1 atom stereocenters. The Morgan fingerprint density at radius 1 is 1.44 bits per heavy atom. The minimum absolute atomic E-state index is 0.0687. The summed E-state index contributed by atoms with van der Waals surface area (Å²) in [6.07, 6.45) is 0. The highest BCUT2D eigenvalue weighted by Gasteiger charge is 2.16. The molecule has 0 radical (unpaired) electrons. The van der Waals surface area contributed by atoms with Crippen LogP contribution in [-0.4, -0.2) is 19.4 Å². The van der Waals surface area contributed by atoms with Crippen molar-refractivity contribution in [3.63, 3.8) is 0 Å². The number of sulfonamides is 1. The molecule has 0 amide bonds. The third kappa shape index (κ3) is 4.26. The standard InChI is InChI=1S/C10H14N2O2S2/c1-8(10(11)15)12-16(13,14)7-9-5-3-2-4-6-9/h2-6,8,12H,7H2,1H3,(H2,11,15). The quantitative estimate of drug-likeness (QED) is 0.766. The first kappa shape index (κ1) is 13.1. The normalized spacial score (nSPS) is 13.3. The van der Waals surface area contributed by atoms with Gasteiger partial charge >= 0.3 is 0 Å². The van der Waals surface area contributed by atoms with Crippen LogP contribution in [0.15, 0.2) is 30.3 Å². The predicted molar refractivity (Wildman–Crippen MR) is 68.4 cm³/mol. The summed E-state index contributed by atoms with van der Waals surface area (Å²) in [5.41, 5.74) is 6.07. The minimum Gasteiger partial charge on any atom is -0.392 e. The van der Waals surface area contributed by atoms with Crippen LogP contribution in [0.1, 0.15) is 12.5 Å². The fraction of sp³-hybridized carbons (Fsp3) is 0.300. The zero-order chi connectivity index (χ0) is 12.2. The first-order valence-corrected chi connectivity index (χ1v) is 6.80. The molecule has 0 fully saturated rings. The van der Waals surface area contributed by atoms with Crippen LogP contribution in [0.25, 0.3) is 0 Å². The summed E-state index contributed by atoms with van der Waals surface area (Å²) in [6, 6.07) is 8.41. The summed E-state index contributed by atoms with van der Waals surface area (Å²) in [5.74, 6) is -0.0687. The van der Waals surface area contributed by atoms with E-state index in [4.69, 9.17) is 18.0 Å². The van der Waals surface area contributed by atoms with Gasteiger partial charge < -0.3 is 5.73 Å². The highest BCUT2D eigenvalue weighted by molar-refractivity contribution is 7.88. The fourth-order valence-electron chi connectivity index (χ4n) is 1.16. The van der Waals surface area contributed by atoms with E-state index in [0.29, 0.717) is 0 Å². The molecule has 1 unspecified atom stereocenters. The Labute approximate surface area is 101 Å². The molecule has 88 valence electrons. The Bertz CT molecular complexity index is 457. The molecule has 0 saturated carbocycles. The zero-order valence-corrected chi connectivity index (χ0v) is 10.5. The van der Waals surface area contributed by atoms with E-state index in [1.807, 2.05) is 6.07 Å². The van der Waals surface area contributed by atoms with Gasteiger partial charge in [0.15, 0.2) is 0 Å². The molecule has 0 aliphatic heterocycles. The van der Waals surface area contributed by atoms with Gasteiger partial charge in [-0.15, -0.1) is 0 Å². The van der Waals surface area contributed by atoms with Crippen molar-refractivity contribution in [2.75, 3.05) is 0 Å². The molecule has 1 aromatic carbocycles. The molecular formula is C10H14N2O2S2. The van der Waals surface area contributed by atoms with Crippen LogP contribution in [0.2, 0.25) is 0 Å². The second kappa shape index (κ2) is 5.38. The third-order valence-corrected chi connectivity index (χ3v) is 3.76. The Morgan fingerprint density at radius 3 is 2.50 bits per heavy atom. The Hall–Kier alpha value is -0.980. The summed E-state index contributed by atoms with van der Waals surface area (Å²) in [6.45, 7) is 1.62. The number of benzene rings is 1. The zero-order valence-electron chi connectivity index (χ0n) is 8.88. The molecule has 4 nitrogen and oxygen atoms in total. The van der Waals surface area contributed by atoms with Gasteiger partial charge in [0.1, 0.15) is 0 Å². The number of thiocarbonyl (C=S) groups is 1. The summed E-state index contributed by atoms with van der Waals surface area (Å²) < 4.78 is 25.8. The van der Waals surface area contributed by atoms with E-state index in [2.05, 4.69) is 4.72 Å². The van der Waals surface area contributed by atoms with Crippen LogP contribution in [0.4, 0.5) is 0 Å². The maximum absolute atomic E-state index is 11.7. The van der Waals surface area contributed by atoms with Gasteiger partial charge in [-0.25, -0.2) is 13.1 Å². The molecule has 1 rings (SSSR count). The number of nitrogens with two attached hydrogens (primary N) is 1. The van der Waals surface area contributed by atoms with E-state index in [9.17, 15) is 8.42 Å². The molecule has 16 heavy (non-hydrogen) atoms. The number of nitrogens with one attached hydrogen (secondary N) is 1. The summed E-state index contributed by atoms with van der Waals surface area (Å²) in [4.78, 5) is 0.136. The Morgan fingerprint density at radius 2 is 2.00 bits per heavy atom. The maximum atomic E-state index is 11.7. The minimum atomic E-state index is -3.40. The highest BCUT2D eigenvalue weighted by Crippen LogP contribution is 2.04. The van der Waals surface area contributed by atoms with Crippen molar-refractivity contribution in [1.29, 1.82) is 0 Å². The molecular weight excluding hydrogens is 244 g/mol. The number of hydrogen-bond donors (Lipinski definition) is 2. The highest BCUT2D eigenvalue weighted by atomic mass is 32.2. The molecule has 0 spiro atoms. The van der Waals surface area contributed by atoms with Crippen molar-refractivity contribution in [1.82, 2.24) is 4.72 Å². The van der Waals surface area contributed by atoms with Gasteiger partial charge in [-0.3, -0.25) is 0 Å². The van der Waals surface area contributed by atoms with Gasteiger partial charge in [-0.2, -0.15) is 0 Å². The van der Waals surface area contributed by atoms with Gasteiger partial charge in [-0.05, 0) is 12.5 Å². The van der Waals surface area contributed by atoms with Crippen molar-refractivity contribution in [2.24, 2.45) is 5.73 Å². The maximum Gasteiger partial charge on any atom is 0.216 e. The Kier molecular flexibility index (Phi) is 4.40. The van der Waals surface area contributed by atoms with Crippen molar-refractivity contribution < 1.29 is 8.42 Å². The van der Waals surface area contributed by atoms with Gasteiger partial charge in [0.05, 0.1) is 16.8 Å². The lowest BCUT2D eigenvalue weighted by Crippen LogP contribution is -2.41. The second-order valence-corrected chi connectivity index (χ2v) is 5.71. The SMILES string of the molecule is CC(NS(=O)(=O)Cc1ccccc1)C(N)=S. The molecule has 0 saturated heterocycles. The lowest BCUT2D eigenvalue weighted by molar-refractivity contribution is 0.578. The largest absolute Gasteiger partial charge is 0.392 e. The molecule has 6 heteroatoms. The first-order valence-electron chi connectivity index (χ1n) is 4.74. The first-order chi connectivity index (χ1) is 7.41. The van der Waals surface area contributed by atoms with Crippen LogP contribution in [0.3, 0.4) is 0 Å².